The molecule has 0 aromatic carbocycles. The average Bonchev–Trinajstić information content (AvgIpc) is 2.18. The molecule has 3 N–H and O–H groups in total. The Bertz CT molecular complexity index is 204. The van der Waals surface area contributed by atoms with E-state index in [1.807, 2.05) is 0 Å². The molecule has 1 rings (SSSR count). The lowest BCUT2D eigenvalue weighted by Gasteiger charge is -2.33. The fraction of sp³-hybridized carbons (Fsp3) is 0.909. The molecule has 0 saturated heterocycles. The highest BCUT2D eigenvalue weighted by Gasteiger charge is 2.21. The molecule has 0 aromatic heterocycles. The summed E-state index contributed by atoms with van der Waals surface area (Å²) in [7, 11) is 2.14. The van der Waals surface area contributed by atoms with Crippen LogP contribution in [0.25, 0.3) is 0 Å². The maximum atomic E-state index is 11.0. The Morgan fingerprint density at radius 2 is 2.27 bits per heavy atom. The number of hydrazine groups is 1. The Morgan fingerprint density at radius 3 is 2.73 bits per heavy atom. The van der Waals surface area contributed by atoms with Crippen molar-refractivity contribution >= 4 is 5.91 Å². The molecule has 1 atom stereocenters. The monoisotopic (exact) mass is 213 g/mol. The van der Waals surface area contributed by atoms with E-state index in [2.05, 4.69) is 24.3 Å². The molecule has 1 amide bonds. The first-order valence-electron chi connectivity index (χ1n) is 5.83. The maximum absolute atomic E-state index is 11.0. The van der Waals surface area contributed by atoms with Crippen LogP contribution in [0.2, 0.25) is 0 Å². The molecule has 15 heavy (non-hydrogen) atoms. The number of hydrogen-bond donors (Lipinski definition) is 2. The summed E-state index contributed by atoms with van der Waals surface area (Å²) < 4.78 is 0. The van der Waals surface area contributed by atoms with Crippen molar-refractivity contribution in [1.29, 1.82) is 0 Å². The van der Waals surface area contributed by atoms with E-state index in [0.717, 1.165) is 12.3 Å². The van der Waals surface area contributed by atoms with E-state index in [0.29, 0.717) is 12.5 Å². The van der Waals surface area contributed by atoms with Crippen molar-refractivity contribution < 1.29 is 4.79 Å². The minimum absolute atomic E-state index is 0.0705. The van der Waals surface area contributed by atoms with Gasteiger partial charge in [0.25, 0.3) is 0 Å². The molecule has 88 valence electrons. The number of hydrogen-bond acceptors (Lipinski definition) is 3. The maximum Gasteiger partial charge on any atom is 0.233 e. The lowest BCUT2D eigenvalue weighted by Crippen LogP contribution is -2.37. The zero-order valence-electron chi connectivity index (χ0n) is 9.83. The van der Waals surface area contributed by atoms with Crippen LogP contribution in [0.15, 0.2) is 0 Å². The van der Waals surface area contributed by atoms with Gasteiger partial charge in [0.15, 0.2) is 0 Å². The van der Waals surface area contributed by atoms with E-state index < -0.39 is 0 Å². The van der Waals surface area contributed by atoms with E-state index >= 15 is 0 Å². The molecular weight excluding hydrogens is 190 g/mol. The normalized spacial score (nSPS) is 18.7. The molecule has 4 heteroatoms. The van der Waals surface area contributed by atoms with Crippen LogP contribution in [0.1, 0.15) is 39.0 Å². The minimum atomic E-state index is -0.0705. The molecule has 4 nitrogen and oxygen atoms in total. The molecule has 1 saturated carbocycles. The topological polar surface area (TPSA) is 58.4 Å². The number of amides is 1. The van der Waals surface area contributed by atoms with Crippen LogP contribution in [0.4, 0.5) is 0 Å². The van der Waals surface area contributed by atoms with Gasteiger partial charge < -0.3 is 4.90 Å². The van der Waals surface area contributed by atoms with Crippen molar-refractivity contribution in [3.8, 4) is 0 Å². The summed E-state index contributed by atoms with van der Waals surface area (Å²) in [6.45, 7) is 3.34. The molecule has 1 fully saturated rings. The smallest absolute Gasteiger partial charge is 0.233 e. The van der Waals surface area contributed by atoms with E-state index in [1.54, 1.807) is 0 Å². The van der Waals surface area contributed by atoms with Crippen molar-refractivity contribution in [2.45, 2.75) is 45.1 Å². The highest BCUT2D eigenvalue weighted by atomic mass is 16.2. The second kappa shape index (κ2) is 6.08. The van der Waals surface area contributed by atoms with Gasteiger partial charge in [-0.2, -0.15) is 0 Å². The summed E-state index contributed by atoms with van der Waals surface area (Å²) in [6.07, 6.45) is 5.54. The Balaban J connectivity index is 2.13. The molecule has 0 aromatic rings. The Hall–Kier alpha value is -0.610. The molecule has 1 unspecified atom stereocenters. The van der Waals surface area contributed by atoms with Gasteiger partial charge in [0, 0.05) is 19.0 Å². The lowest BCUT2D eigenvalue weighted by molar-refractivity contribution is -0.121. The number of nitrogens with two attached hydrogens (primary N) is 1. The van der Waals surface area contributed by atoms with Crippen LogP contribution in [-0.4, -0.2) is 30.4 Å². The van der Waals surface area contributed by atoms with Crippen molar-refractivity contribution in [3.05, 3.63) is 0 Å². The van der Waals surface area contributed by atoms with Crippen molar-refractivity contribution in [2.24, 2.45) is 11.8 Å². The van der Waals surface area contributed by atoms with Crippen LogP contribution in [0.5, 0.6) is 0 Å². The first kappa shape index (κ1) is 12.5. The molecule has 1 aliphatic carbocycles. The second-order valence-corrected chi connectivity index (χ2v) is 4.69. The van der Waals surface area contributed by atoms with Crippen LogP contribution in [-0.2, 0) is 4.79 Å². The first-order valence-corrected chi connectivity index (χ1v) is 5.83. The number of rotatable bonds is 6. The lowest BCUT2D eigenvalue weighted by atomic mass is 9.85. The minimum Gasteiger partial charge on any atom is -0.303 e. The number of carbonyl (C=O) groups excluding carboxylic acids is 1. The molecule has 1 aliphatic rings. The predicted molar refractivity (Wildman–Crippen MR) is 61.0 cm³/mol. The first-order chi connectivity index (χ1) is 7.13. The highest BCUT2D eigenvalue weighted by Crippen LogP contribution is 2.27. The van der Waals surface area contributed by atoms with E-state index in [1.165, 1.54) is 25.8 Å². The van der Waals surface area contributed by atoms with E-state index in [-0.39, 0.29) is 5.91 Å². The third-order valence-corrected chi connectivity index (χ3v) is 3.47. The molecular formula is C11H23N3O. The van der Waals surface area contributed by atoms with Gasteiger partial charge in [-0.15, -0.1) is 0 Å². The Morgan fingerprint density at radius 1 is 1.60 bits per heavy atom. The van der Waals surface area contributed by atoms with Crippen molar-refractivity contribution in [2.75, 3.05) is 13.6 Å². The standard InChI is InChI=1S/C11H23N3O/c1-9(6-7-11(15)13-12)14(2)8-10-4-3-5-10/h9-10H,3-8,12H2,1-2H3,(H,13,15). The van der Waals surface area contributed by atoms with Crippen LogP contribution in [0, 0.1) is 5.92 Å². The number of nitrogens with zero attached hydrogens (tertiary/aromatic N) is 1. The molecule has 0 radical (unpaired) electrons. The van der Waals surface area contributed by atoms with Gasteiger partial charge in [-0.1, -0.05) is 6.42 Å². The summed E-state index contributed by atoms with van der Waals surface area (Å²) in [4.78, 5) is 13.3. The SMILES string of the molecule is CC(CCC(=O)NN)N(C)CC1CCC1. The van der Waals surface area contributed by atoms with E-state index in [4.69, 9.17) is 5.84 Å². The van der Waals surface area contributed by atoms with Gasteiger partial charge in [-0.05, 0) is 39.2 Å². The third-order valence-electron chi connectivity index (χ3n) is 3.47. The van der Waals surface area contributed by atoms with E-state index in [9.17, 15) is 4.79 Å². The Labute approximate surface area is 92.2 Å². The Kier molecular flexibility index (Phi) is 5.05. The average molecular weight is 213 g/mol. The summed E-state index contributed by atoms with van der Waals surface area (Å²) in [5.74, 6) is 5.85. The van der Waals surface area contributed by atoms with Crippen molar-refractivity contribution in [3.63, 3.8) is 0 Å². The molecule has 0 aliphatic heterocycles. The largest absolute Gasteiger partial charge is 0.303 e. The van der Waals surface area contributed by atoms with Gasteiger partial charge in [0.05, 0.1) is 0 Å². The van der Waals surface area contributed by atoms with Gasteiger partial charge in [0.2, 0.25) is 5.91 Å². The fourth-order valence-corrected chi connectivity index (χ4v) is 1.90. The third kappa shape index (κ3) is 4.18. The van der Waals surface area contributed by atoms with Crippen LogP contribution < -0.4 is 11.3 Å². The zero-order chi connectivity index (χ0) is 11.3. The quantitative estimate of drug-likeness (QED) is 0.391. The van der Waals surface area contributed by atoms with Gasteiger partial charge in [0.1, 0.15) is 0 Å². The second-order valence-electron chi connectivity index (χ2n) is 4.69. The summed E-state index contributed by atoms with van der Waals surface area (Å²) in [5.41, 5.74) is 2.16. The van der Waals surface area contributed by atoms with Crippen LogP contribution in [0.3, 0.4) is 0 Å². The van der Waals surface area contributed by atoms with Gasteiger partial charge in [-0.25, -0.2) is 5.84 Å². The molecule has 0 bridgehead atoms. The van der Waals surface area contributed by atoms with Gasteiger partial charge in [-0.3, -0.25) is 10.2 Å². The summed E-state index contributed by atoms with van der Waals surface area (Å²) in [6, 6.07) is 0.461. The number of carbonyl (C=O) groups is 1. The number of nitrogens with one attached hydrogen (secondary N) is 1. The fourth-order valence-electron chi connectivity index (χ4n) is 1.90. The van der Waals surface area contributed by atoms with Crippen molar-refractivity contribution in [1.82, 2.24) is 10.3 Å². The molecule has 0 heterocycles. The zero-order valence-corrected chi connectivity index (χ0v) is 9.83. The highest BCUT2D eigenvalue weighted by molar-refractivity contribution is 5.75. The molecule has 0 spiro atoms. The summed E-state index contributed by atoms with van der Waals surface area (Å²) >= 11 is 0. The predicted octanol–water partition coefficient (Wildman–Crippen LogP) is 0.877. The summed E-state index contributed by atoms with van der Waals surface area (Å²) in [5, 5.41) is 0. The van der Waals surface area contributed by atoms with Gasteiger partial charge >= 0.3 is 0 Å². The van der Waals surface area contributed by atoms with Crippen LogP contribution >= 0.6 is 0 Å².